The molecule has 0 fully saturated rings. The molecule has 0 unspecified atom stereocenters. The van der Waals surface area contributed by atoms with E-state index in [1.54, 1.807) is 0 Å². The Balaban J connectivity index is 0.00000120. The standard InChI is InChI=1S/C15H10NO.Li/c1-3-7-12(8-4-1)14-11-17-16-15(14)13-9-5-2-6-10-13;/h1-10H;/q-1;+1. The Bertz CT molecular complexity index is 551. The largest absolute Gasteiger partial charge is 1.00 e. The number of hydrogen-bond donors (Lipinski definition) is 0. The molecule has 18 heavy (non-hydrogen) atoms. The second kappa shape index (κ2) is 5.73. The Labute approximate surface area is 118 Å². The van der Waals surface area contributed by atoms with E-state index < -0.39 is 0 Å². The SMILES string of the molecule is [Li+].[c-]1onc(-c2ccccc2)c1-c1ccccc1. The Morgan fingerprint density at radius 2 is 1.33 bits per heavy atom. The molecule has 0 spiro atoms. The third kappa shape index (κ3) is 2.40. The van der Waals surface area contributed by atoms with E-state index in [0.717, 1.165) is 22.4 Å². The molecule has 82 valence electrons. The molecule has 0 aliphatic rings. The van der Waals surface area contributed by atoms with E-state index in [2.05, 4.69) is 11.4 Å². The first-order valence-electron chi connectivity index (χ1n) is 5.43. The first kappa shape index (κ1) is 12.7. The monoisotopic (exact) mass is 227 g/mol. The number of benzene rings is 2. The number of hydrogen-bond acceptors (Lipinski definition) is 2. The third-order valence-electron chi connectivity index (χ3n) is 2.63. The molecular weight excluding hydrogens is 217 g/mol. The average Bonchev–Trinajstić information content (AvgIpc) is 2.90. The van der Waals surface area contributed by atoms with Gasteiger partial charge < -0.3 is 4.52 Å². The normalized spacial score (nSPS) is 9.78. The van der Waals surface area contributed by atoms with Gasteiger partial charge in [0.2, 0.25) is 0 Å². The van der Waals surface area contributed by atoms with Crippen LogP contribution in [0.4, 0.5) is 0 Å². The summed E-state index contributed by atoms with van der Waals surface area (Å²) >= 11 is 0. The minimum Gasteiger partial charge on any atom is -0.439 e. The molecular formula is C15H10LiNO. The summed E-state index contributed by atoms with van der Waals surface area (Å²) in [6, 6.07) is 20.0. The van der Waals surface area contributed by atoms with Crippen molar-refractivity contribution in [3.8, 4) is 22.4 Å². The van der Waals surface area contributed by atoms with Crippen LogP contribution in [0.25, 0.3) is 22.4 Å². The van der Waals surface area contributed by atoms with E-state index in [9.17, 15) is 0 Å². The molecule has 0 amide bonds. The maximum absolute atomic E-state index is 4.98. The van der Waals surface area contributed by atoms with Crippen molar-refractivity contribution in [3.05, 3.63) is 66.9 Å². The van der Waals surface area contributed by atoms with Gasteiger partial charge in [-0.25, -0.2) is 0 Å². The van der Waals surface area contributed by atoms with Crippen molar-refractivity contribution in [2.45, 2.75) is 0 Å². The van der Waals surface area contributed by atoms with Gasteiger partial charge >= 0.3 is 18.9 Å². The molecule has 0 aliphatic heterocycles. The minimum atomic E-state index is 0. The molecule has 0 saturated carbocycles. The molecule has 0 bridgehead atoms. The van der Waals surface area contributed by atoms with Crippen LogP contribution in [-0.4, -0.2) is 5.16 Å². The zero-order chi connectivity index (χ0) is 11.5. The summed E-state index contributed by atoms with van der Waals surface area (Å²) in [4.78, 5) is 0. The van der Waals surface area contributed by atoms with Crippen LogP contribution in [0.2, 0.25) is 0 Å². The maximum atomic E-state index is 4.98. The molecule has 0 aliphatic carbocycles. The van der Waals surface area contributed by atoms with Gasteiger partial charge in [0.05, 0.1) is 0 Å². The van der Waals surface area contributed by atoms with Crippen LogP contribution in [0.15, 0.2) is 65.2 Å². The van der Waals surface area contributed by atoms with E-state index in [4.69, 9.17) is 4.52 Å². The van der Waals surface area contributed by atoms with E-state index in [-0.39, 0.29) is 18.9 Å². The summed E-state index contributed by atoms with van der Waals surface area (Å²) < 4.78 is 4.98. The molecule has 3 rings (SSSR count). The zero-order valence-electron chi connectivity index (χ0n) is 10.1. The van der Waals surface area contributed by atoms with E-state index in [1.807, 2.05) is 60.7 Å². The van der Waals surface area contributed by atoms with E-state index >= 15 is 0 Å². The second-order valence-electron chi connectivity index (χ2n) is 3.74. The van der Waals surface area contributed by atoms with Gasteiger partial charge in [0.15, 0.2) is 0 Å². The molecule has 3 aromatic rings. The Hall–Kier alpha value is -1.75. The van der Waals surface area contributed by atoms with Gasteiger partial charge in [0.25, 0.3) is 0 Å². The van der Waals surface area contributed by atoms with Crippen molar-refractivity contribution >= 4 is 0 Å². The zero-order valence-corrected chi connectivity index (χ0v) is 10.1. The quantitative estimate of drug-likeness (QED) is 0.478. The Morgan fingerprint density at radius 3 is 1.94 bits per heavy atom. The van der Waals surface area contributed by atoms with Crippen molar-refractivity contribution in [2.75, 3.05) is 0 Å². The van der Waals surface area contributed by atoms with Crippen LogP contribution >= 0.6 is 0 Å². The molecule has 2 nitrogen and oxygen atoms in total. The molecule has 1 aromatic heterocycles. The fourth-order valence-corrected chi connectivity index (χ4v) is 1.80. The van der Waals surface area contributed by atoms with Crippen LogP contribution in [-0.2, 0) is 0 Å². The minimum absolute atomic E-state index is 0. The second-order valence-corrected chi connectivity index (χ2v) is 3.74. The van der Waals surface area contributed by atoms with Crippen LogP contribution in [0.3, 0.4) is 0 Å². The van der Waals surface area contributed by atoms with Gasteiger partial charge in [-0.3, -0.25) is 0 Å². The van der Waals surface area contributed by atoms with Gasteiger partial charge in [-0.1, -0.05) is 54.1 Å². The topological polar surface area (TPSA) is 26.0 Å². The summed E-state index contributed by atoms with van der Waals surface area (Å²) in [5, 5.41) is 4.03. The summed E-state index contributed by atoms with van der Waals surface area (Å²) in [6.45, 7) is 0. The van der Waals surface area contributed by atoms with Gasteiger partial charge in [0.1, 0.15) is 0 Å². The Kier molecular flexibility index (Phi) is 4.04. The van der Waals surface area contributed by atoms with E-state index in [0.29, 0.717) is 0 Å². The third-order valence-corrected chi connectivity index (χ3v) is 2.63. The van der Waals surface area contributed by atoms with Crippen LogP contribution < -0.4 is 18.9 Å². The maximum Gasteiger partial charge on any atom is 1.00 e. The predicted octanol–water partition coefficient (Wildman–Crippen LogP) is 0.813. The summed E-state index contributed by atoms with van der Waals surface area (Å²) in [5.41, 5.74) is 3.83. The fourth-order valence-electron chi connectivity index (χ4n) is 1.80. The number of nitrogens with zero attached hydrogens (tertiary/aromatic N) is 1. The van der Waals surface area contributed by atoms with Crippen molar-refractivity contribution < 1.29 is 23.4 Å². The molecule has 1 heterocycles. The summed E-state index contributed by atoms with van der Waals surface area (Å²) in [6.07, 6.45) is 2.83. The van der Waals surface area contributed by atoms with Crippen molar-refractivity contribution in [3.63, 3.8) is 0 Å². The van der Waals surface area contributed by atoms with Gasteiger partial charge in [0, 0.05) is 12.0 Å². The van der Waals surface area contributed by atoms with E-state index in [1.165, 1.54) is 0 Å². The predicted molar refractivity (Wildman–Crippen MR) is 66.2 cm³/mol. The molecule has 0 saturated heterocycles. The Morgan fingerprint density at radius 1 is 0.778 bits per heavy atom. The molecule has 2 aromatic carbocycles. The first-order valence-corrected chi connectivity index (χ1v) is 5.43. The number of rotatable bonds is 2. The fraction of sp³-hybridized carbons (Fsp3) is 0. The number of aromatic nitrogens is 1. The molecule has 0 atom stereocenters. The van der Waals surface area contributed by atoms with Crippen molar-refractivity contribution in [2.24, 2.45) is 0 Å². The summed E-state index contributed by atoms with van der Waals surface area (Å²) in [5.74, 6) is 0. The first-order chi connectivity index (χ1) is 8.45. The molecule has 0 radical (unpaired) electrons. The van der Waals surface area contributed by atoms with Crippen LogP contribution in [0, 0.1) is 6.26 Å². The average molecular weight is 227 g/mol. The van der Waals surface area contributed by atoms with Gasteiger partial charge in [-0.2, -0.15) is 5.16 Å². The molecule has 3 heteroatoms. The van der Waals surface area contributed by atoms with Crippen molar-refractivity contribution in [1.82, 2.24) is 5.16 Å². The molecule has 0 N–H and O–H groups in total. The van der Waals surface area contributed by atoms with Crippen LogP contribution in [0.5, 0.6) is 0 Å². The van der Waals surface area contributed by atoms with Gasteiger partial charge in [-0.05, 0) is 0 Å². The van der Waals surface area contributed by atoms with Crippen LogP contribution in [0.1, 0.15) is 0 Å². The van der Waals surface area contributed by atoms with Gasteiger partial charge in [-0.15, -0.1) is 23.3 Å². The summed E-state index contributed by atoms with van der Waals surface area (Å²) in [7, 11) is 0. The smallest absolute Gasteiger partial charge is 0.439 e. The van der Waals surface area contributed by atoms with Crippen molar-refractivity contribution in [1.29, 1.82) is 0 Å².